The lowest BCUT2D eigenvalue weighted by Gasteiger charge is -2.32. The van der Waals surface area contributed by atoms with Gasteiger partial charge < -0.3 is 4.90 Å². The van der Waals surface area contributed by atoms with Gasteiger partial charge >= 0.3 is 0 Å². The Balaban J connectivity index is 1.97. The number of rotatable bonds is 2. The van der Waals surface area contributed by atoms with Gasteiger partial charge in [0, 0.05) is 29.3 Å². The molecule has 0 aliphatic carbocycles. The van der Waals surface area contributed by atoms with Crippen LogP contribution in [0, 0.1) is 0 Å². The van der Waals surface area contributed by atoms with E-state index in [1.165, 1.54) is 4.90 Å². The van der Waals surface area contributed by atoms with Gasteiger partial charge in [0.1, 0.15) is 0 Å². The van der Waals surface area contributed by atoms with Crippen molar-refractivity contribution in [2.24, 2.45) is 0 Å². The van der Waals surface area contributed by atoms with Crippen molar-refractivity contribution < 1.29 is 13.6 Å². The third-order valence-electron chi connectivity index (χ3n) is 2.87. The topological polar surface area (TPSA) is 33.2 Å². The standard InChI is InChI=1S/C12H13BrF2N2O/c13-9-2-3-10(16-7-9)6-11(18)17-5-1-4-12(14,15)8-17/h2-3,7H,1,4-6,8H2. The first-order valence-corrected chi connectivity index (χ1v) is 6.52. The van der Waals surface area contributed by atoms with E-state index in [0.29, 0.717) is 18.7 Å². The maximum atomic E-state index is 13.2. The van der Waals surface area contributed by atoms with Crippen LogP contribution in [0.15, 0.2) is 22.8 Å². The van der Waals surface area contributed by atoms with Crippen LogP contribution in [-0.2, 0) is 11.2 Å². The predicted molar refractivity (Wildman–Crippen MR) is 66.4 cm³/mol. The molecule has 0 atom stereocenters. The molecule has 1 aliphatic rings. The number of likely N-dealkylation sites (tertiary alicyclic amines) is 1. The minimum atomic E-state index is -2.75. The van der Waals surface area contributed by atoms with Gasteiger partial charge in [0.2, 0.25) is 5.91 Å². The van der Waals surface area contributed by atoms with Crippen LogP contribution in [0.3, 0.4) is 0 Å². The van der Waals surface area contributed by atoms with E-state index >= 15 is 0 Å². The summed E-state index contributed by atoms with van der Waals surface area (Å²) >= 11 is 3.25. The molecule has 1 aliphatic heterocycles. The summed E-state index contributed by atoms with van der Waals surface area (Å²) in [5.41, 5.74) is 0.595. The van der Waals surface area contributed by atoms with Crippen molar-refractivity contribution in [3.63, 3.8) is 0 Å². The monoisotopic (exact) mass is 318 g/mol. The molecule has 18 heavy (non-hydrogen) atoms. The summed E-state index contributed by atoms with van der Waals surface area (Å²) in [5, 5.41) is 0. The smallest absolute Gasteiger partial charge is 0.265 e. The molecule has 0 unspecified atom stereocenters. The van der Waals surface area contributed by atoms with Crippen molar-refractivity contribution in [3.8, 4) is 0 Å². The molecular formula is C12H13BrF2N2O. The highest BCUT2D eigenvalue weighted by atomic mass is 79.9. The summed E-state index contributed by atoms with van der Waals surface area (Å²) in [7, 11) is 0. The zero-order valence-corrected chi connectivity index (χ0v) is 11.3. The van der Waals surface area contributed by atoms with E-state index in [-0.39, 0.29) is 18.7 Å². The molecule has 0 saturated carbocycles. The predicted octanol–water partition coefficient (Wildman–Crippen LogP) is 2.64. The SMILES string of the molecule is O=C(Cc1ccc(Br)cn1)N1CCCC(F)(F)C1. The fourth-order valence-electron chi connectivity index (χ4n) is 1.96. The van der Waals surface area contributed by atoms with Crippen LogP contribution in [0.5, 0.6) is 0 Å². The summed E-state index contributed by atoms with van der Waals surface area (Å²) in [5.74, 6) is -3.04. The molecule has 2 rings (SSSR count). The molecule has 98 valence electrons. The van der Waals surface area contributed by atoms with Crippen molar-refractivity contribution in [2.75, 3.05) is 13.1 Å². The minimum Gasteiger partial charge on any atom is -0.336 e. The lowest BCUT2D eigenvalue weighted by atomic mass is 10.1. The lowest BCUT2D eigenvalue weighted by molar-refractivity contribution is -0.140. The Labute approximate surface area is 112 Å². The van der Waals surface area contributed by atoms with Crippen LogP contribution >= 0.6 is 15.9 Å². The number of pyridine rings is 1. The van der Waals surface area contributed by atoms with Gasteiger partial charge in [0.25, 0.3) is 5.92 Å². The largest absolute Gasteiger partial charge is 0.336 e. The minimum absolute atomic E-state index is 0.0728. The number of piperidine rings is 1. The number of carbonyl (C=O) groups excluding carboxylic acids is 1. The number of alkyl halides is 2. The highest BCUT2D eigenvalue weighted by Crippen LogP contribution is 2.26. The van der Waals surface area contributed by atoms with Crippen LogP contribution in [-0.4, -0.2) is 34.8 Å². The molecule has 0 aromatic carbocycles. The van der Waals surface area contributed by atoms with Gasteiger partial charge in [0.05, 0.1) is 13.0 Å². The van der Waals surface area contributed by atoms with Gasteiger partial charge in [-0.3, -0.25) is 9.78 Å². The second-order valence-corrected chi connectivity index (χ2v) is 5.34. The zero-order valence-electron chi connectivity index (χ0n) is 9.70. The first-order chi connectivity index (χ1) is 8.46. The van der Waals surface area contributed by atoms with Gasteiger partial charge in [-0.05, 0) is 34.5 Å². The number of halogens is 3. The van der Waals surface area contributed by atoms with Gasteiger partial charge in [-0.1, -0.05) is 0 Å². The molecule has 1 saturated heterocycles. The first kappa shape index (κ1) is 13.4. The highest BCUT2D eigenvalue weighted by Gasteiger charge is 2.36. The van der Waals surface area contributed by atoms with E-state index in [1.807, 2.05) is 0 Å². The molecule has 1 amide bonds. The van der Waals surface area contributed by atoms with Crippen molar-refractivity contribution >= 4 is 21.8 Å². The van der Waals surface area contributed by atoms with Crippen molar-refractivity contribution in [1.29, 1.82) is 0 Å². The van der Waals surface area contributed by atoms with E-state index in [0.717, 1.165) is 4.47 Å². The molecule has 1 aromatic rings. The van der Waals surface area contributed by atoms with Crippen LogP contribution in [0.25, 0.3) is 0 Å². The molecule has 1 fully saturated rings. The van der Waals surface area contributed by atoms with Crippen molar-refractivity contribution in [2.45, 2.75) is 25.2 Å². The van der Waals surface area contributed by atoms with Crippen molar-refractivity contribution in [3.05, 3.63) is 28.5 Å². The summed E-state index contributed by atoms with van der Waals surface area (Å²) in [6.45, 7) is -0.0622. The van der Waals surface area contributed by atoms with Crippen LogP contribution in [0.4, 0.5) is 8.78 Å². The fourth-order valence-corrected chi connectivity index (χ4v) is 2.19. The normalized spacial score (nSPS) is 18.7. The Morgan fingerprint density at radius 1 is 1.50 bits per heavy atom. The molecule has 0 bridgehead atoms. The maximum absolute atomic E-state index is 13.2. The molecular weight excluding hydrogens is 306 g/mol. The summed E-state index contributed by atoms with van der Waals surface area (Å²) in [4.78, 5) is 17.2. The Hall–Kier alpha value is -1.04. The number of nitrogens with zero attached hydrogens (tertiary/aromatic N) is 2. The molecule has 0 radical (unpaired) electrons. The average Bonchev–Trinajstić information content (AvgIpc) is 2.31. The third-order valence-corrected chi connectivity index (χ3v) is 3.34. The summed E-state index contributed by atoms with van der Waals surface area (Å²) in [6.07, 6.45) is 1.89. The van der Waals surface area contributed by atoms with E-state index in [1.54, 1.807) is 18.3 Å². The Morgan fingerprint density at radius 3 is 2.89 bits per heavy atom. The highest BCUT2D eigenvalue weighted by molar-refractivity contribution is 9.10. The number of carbonyl (C=O) groups is 1. The van der Waals surface area contributed by atoms with Crippen LogP contribution < -0.4 is 0 Å². The Bertz CT molecular complexity index is 436. The second kappa shape index (κ2) is 5.30. The number of amides is 1. The Kier molecular flexibility index (Phi) is 3.94. The molecule has 0 spiro atoms. The number of aromatic nitrogens is 1. The van der Waals surface area contributed by atoms with E-state index in [9.17, 15) is 13.6 Å². The van der Waals surface area contributed by atoms with Gasteiger partial charge in [-0.15, -0.1) is 0 Å². The summed E-state index contributed by atoms with van der Waals surface area (Å²) in [6, 6.07) is 3.49. The summed E-state index contributed by atoms with van der Waals surface area (Å²) < 4.78 is 27.2. The second-order valence-electron chi connectivity index (χ2n) is 4.42. The number of hydrogen-bond acceptors (Lipinski definition) is 2. The fraction of sp³-hybridized carbons (Fsp3) is 0.500. The molecule has 3 nitrogen and oxygen atoms in total. The van der Waals surface area contributed by atoms with Gasteiger partial charge in [0.15, 0.2) is 0 Å². The maximum Gasteiger partial charge on any atom is 0.265 e. The van der Waals surface area contributed by atoms with Crippen molar-refractivity contribution in [1.82, 2.24) is 9.88 Å². The van der Waals surface area contributed by atoms with Gasteiger partial charge in [-0.2, -0.15) is 0 Å². The molecule has 6 heteroatoms. The van der Waals surface area contributed by atoms with E-state index < -0.39 is 12.5 Å². The van der Waals surface area contributed by atoms with E-state index in [2.05, 4.69) is 20.9 Å². The molecule has 1 aromatic heterocycles. The average molecular weight is 319 g/mol. The van der Waals surface area contributed by atoms with Crippen LogP contribution in [0.1, 0.15) is 18.5 Å². The third kappa shape index (κ3) is 3.48. The number of hydrogen-bond donors (Lipinski definition) is 0. The first-order valence-electron chi connectivity index (χ1n) is 5.72. The molecule has 0 N–H and O–H groups in total. The van der Waals surface area contributed by atoms with Gasteiger partial charge in [-0.25, -0.2) is 8.78 Å². The Morgan fingerprint density at radius 2 is 2.28 bits per heavy atom. The molecule has 2 heterocycles. The van der Waals surface area contributed by atoms with Crippen LogP contribution in [0.2, 0.25) is 0 Å². The van der Waals surface area contributed by atoms with E-state index in [4.69, 9.17) is 0 Å². The quantitative estimate of drug-likeness (QED) is 0.840. The lowest BCUT2D eigenvalue weighted by Crippen LogP contribution is -2.46. The zero-order chi connectivity index (χ0) is 13.2.